The minimum absolute atomic E-state index is 0.172. The van der Waals surface area contributed by atoms with Gasteiger partial charge in [-0.15, -0.1) is 0 Å². The fraction of sp³-hybridized carbons (Fsp3) is 0.350. The molecule has 1 fully saturated rings. The normalized spacial score (nSPS) is 15.3. The van der Waals surface area contributed by atoms with Gasteiger partial charge in [0.1, 0.15) is 0 Å². The molecule has 1 aliphatic heterocycles. The van der Waals surface area contributed by atoms with Gasteiger partial charge in [-0.25, -0.2) is 13.2 Å². The molecule has 0 amide bonds. The molecule has 2 aromatic rings. The standard InChI is InChI=1S/C20H25N3O4S/c1-22-11-13-23(14-12-22)19-9-7-18(8-10-19)21-28(25,26)15-16-3-5-17(6-4-16)20(24)27-2/h3-10,21H,11-15H2,1-2H3. The first-order chi connectivity index (χ1) is 13.4. The third-order valence-corrected chi connectivity index (χ3v) is 6.00. The molecule has 0 saturated carbocycles. The Kier molecular flexibility index (Phi) is 6.21. The number of anilines is 2. The van der Waals surface area contributed by atoms with Gasteiger partial charge in [0.15, 0.2) is 0 Å². The summed E-state index contributed by atoms with van der Waals surface area (Å²) in [5.74, 6) is -0.623. The van der Waals surface area contributed by atoms with Crippen molar-refractivity contribution in [2.45, 2.75) is 5.75 Å². The molecule has 28 heavy (non-hydrogen) atoms. The minimum Gasteiger partial charge on any atom is -0.465 e. The topological polar surface area (TPSA) is 78.9 Å². The van der Waals surface area contributed by atoms with Crippen LogP contribution in [0.1, 0.15) is 15.9 Å². The highest BCUT2D eigenvalue weighted by Crippen LogP contribution is 2.21. The molecular formula is C20H25N3O4S. The molecule has 0 atom stereocenters. The highest BCUT2D eigenvalue weighted by molar-refractivity contribution is 7.91. The summed E-state index contributed by atoms with van der Waals surface area (Å²) in [6.07, 6.45) is 0. The van der Waals surface area contributed by atoms with Gasteiger partial charge in [-0.2, -0.15) is 0 Å². The van der Waals surface area contributed by atoms with E-state index in [9.17, 15) is 13.2 Å². The van der Waals surface area contributed by atoms with E-state index < -0.39 is 16.0 Å². The smallest absolute Gasteiger partial charge is 0.337 e. The molecule has 1 saturated heterocycles. The zero-order chi connectivity index (χ0) is 20.1. The number of carbonyl (C=O) groups is 1. The summed E-state index contributed by atoms with van der Waals surface area (Å²) in [4.78, 5) is 16.0. The Hall–Kier alpha value is -2.58. The SMILES string of the molecule is COC(=O)c1ccc(CS(=O)(=O)Nc2ccc(N3CCN(C)CC3)cc2)cc1. The summed E-state index contributed by atoms with van der Waals surface area (Å²) >= 11 is 0. The van der Waals surface area contributed by atoms with E-state index in [1.807, 2.05) is 12.1 Å². The highest BCUT2D eigenvalue weighted by Gasteiger charge is 2.16. The fourth-order valence-electron chi connectivity index (χ4n) is 3.09. The molecule has 1 aliphatic rings. The summed E-state index contributed by atoms with van der Waals surface area (Å²) in [6.45, 7) is 3.96. The number of methoxy groups -OCH3 is 1. The van der Waals surface area contributed by atoms with Crippen LogP contribution in [0.5, 0.6) is 0 Å². The van der Waals surface area contributed by atoms with Crippen LogP contribution in [0.25, 0.3) is 0 Å². The lowest BCUT2D eigenvalue weighted by atomic mass is 10.1. The summed E-state index contributed by atoms with van der Waals surface area (Å²) < 4.78 is 32.1. The predicted octanol–water partition coefficient (Wildman–Crippen LogP) is 2.17. The number of hydrogen-bond donors (Lipinski definition) is 1. The number of esters is 1. The van der Waals surface area contributed by atoms with E-state index >= 15 is 0 Å². The average molecular weight is 404 g/mol. The molecule has 0 bridgehead atoms. The van der Waals surface area contributed by atoms with Gasteiger partial charge in [0, 0.05) is 37.6 Å². The first kappa shape index (κ1) is 20.2. The molecule has 7 nitrogen and oxygen atoms in total. The molecule has 0 aliphatic carbocycles. The zero-order valence-corrected chi connectivity index (χ0v) is 16.9. The van der Waals surface area contributed by atoms with Gasteiger partial charge in [-0.1, -0.05) is 12.1 Å². The summed E-state index contributed by atoms with van der Waals surface area (Å²) in [5, 5.41) is 0. The van der Waals surface area contributed by atoms with Crippen molar-refractivity contribution in [3.8, 4) is 0 Å². The van der Waals surface area contributed by atoms with Gasteiger partial charge in [0.2, 0.25) is 10.0 Å². The Morgan fingerprint density at radius 2 is 1.61 bits per heavy atom. The number of rotatable bonds is 6. The quantitative estimate of drug-likeness (QED) is 0.745. The van der Waals surface area contributed by atoms with Crippen LogP contribution in [0, 0.1) is 0 Å². The largest absolute Gasteiger partial charge is 0.465 e. The van der Waals surface area contributed by atoms with Crippen molar-refractivity contribution in [2.24, 2.45) is 0 Å². The lowest BCUT2D eigenvalue weighted by Crippen LogP contribution is -2.44. The molecule has 8 heteroatoms. The molecule has 1 heterocycles. The molecule has 1 N–H and O–H groups in total. The molecule has 2 aromatic carbocycles. The number of nitrogens with one attached hydrogen (secondary N) is 1. The van der Waals surface area contributed by atoms with Crippen molar-refractivity contribution >= 4 is 27.4 Å². The number of ether oxygens (including phenoxy) is 1. The first-order valence-electron chi connectivity index (χ1n) is 9.07. The van der Waals surface area contributed by atoms with Crippen LogP contribution in [-0.2, 0) is 20.5 Å². The van der Waals surface area contributed by atoms with Gasteiger partial charge < -0.3 is 14.5 Å². The van der Waals surface area contributed by atoms with E-state index in [1.54, 1.807) is 36.4 Å². The molecule has 3 rings (SSSR count). The lowest BCUT2D eigenvalue weighted by Gasteiger charge is -2.34. The van der Waals surface area contributed by atoms with Crippen molar-refractivity contribution in [2.75, 3.05) is 50.0 Å². The monoisotopic (exact) mass is 403 g/mol. The second-order valence-corrected chi connectivity index (χ2v) is 8.61. The van der Waals surface area contributed by atoms with Crippen LogP contribution in [0.4, 0.5) is 11.4 Å². The van der Waals surface area contributed by atoms with E-state index in [1.165, 1.54) is 7.11 Å². The van der Waals surface area contributed by atoms with Crippen LogP contribution >= 0.6 is 0 Å². The van der Waals surface area contributed by atoms with E-state index in [0.29, 0.717) is 16.8 Å². The van der Waals surface area contributed by atoms with Crippen molar-refractivity contribution in [1.82, 2.24) is 4.90 Å². The van der Waals surface area contributed by atoms with Gasteiger partial charge in [-0.05, 0) is 49.0 Å². The van der Waals surface area contributed by atoms with Crippen molar-refractivity contribution in [3.63, 3.8) is 0 Å². The fourth-order valence-corrected chi connectivity index (χ4v) is 4.29. The number of likely N-dealkylation sites (N-methyl/N-ethyl adjacent to an activating group) is 1. The van der Waals surface area contributed by atoms with Crippen molar-refractivity contribution < 1.29 is 17.9 Å². The Balaban J connectivity index is 1.61. The molecule has 0 aromatic heterocycles. The predicted molar refractivity (Wildman–Crippen MR) is 110 cm³/mol. The molecule has 0 unspecified atom stereocenters. The number of hydrogen-bond acceptors (Lipinski definition) is 6. The van der Waals surface area contributed by atoms with Gasteiger partial charge in [-0.3, -0.25) is 4.72 Å². The third-order valence-electron chi connectivity index (χ3n) is 4.74. The molecule has 150 valence electrons. The maximum atomic E-state index is 12.4. The van der Waals surface area contributed by atoms with Crippen molar-refractivity contribution in [3.05, 3.63) is 59.7 Å². The molecule has 0 radical (unpaired) electrons. The number of carbonyl (C=O) groups excluding carboxylic acids is 1. The van der Waals surface area contributed by atoms with Crippen LogP contribution in [0.2, 0.25) is 0 Å². The van der Waals surface area contributed by atoms with E-state index in [0.717, 1.165) is 31.9 Å². The van der Waals surface area contributed by atoms with Crippen molar-refractivity contribution in [1.29, 1.82) is 0 Å². The maximum Gasteiger partial charge on any atom is 0.337 e. The maximum absolute atomic E-state index is 12.4. The average Bonchev–Trinajstić information content (AvgIpc) is 2.68. The van der Waals surface area contributed by atoms with E-state index in [4.69, 9.17) is 0 Å². The third kappa shape index (κ3) is 5.24. The lowest BCUT2D eigenvalue weighted by molar-refractivity contribution is 0.0600. The minimum atomic E-state index is -3.56. The Bertz CT molecular complexity index is 903. The number of benzene rings is 2. The molecule has 0 spiro atoms. The van der Waals surface area contributed by atoms with Gasteiger partial charge in [0.05, 0.1) is 18.4 Å². The number of nitrogens with zero attached hydrogens (tertiary/aromatic N) is 2. The van der Waals surface area contributed by atoms with Crippen LogP contribution in [-0.4, -0.2) is 59.6 Å². The van der Waals surface area contributed by atoms with Crippen LogP contribution in [0.15, 0.2) is 48.5 Å². The second-order valence-electron chi connectivity index (χ2n) is 6.89. The summed E-state index contributed by atoms with van der Waals surface area (Å²) in [6, 6.07) is 13.8. The highest BCUT2D eigenvalue weighted by atomic mass is 32.2. The summed E-state index contributed by atoms with van der Waals surface area (Å²) in [7, 11) is -0.143. The molecular weight excluding hydrogens is 378 g/mol. The van der Waals surface area contributed by atoms with E-state index in [2.05, 4.69) is 26.3 Å². The first-order valence-corrected chi connectivity index (χ1v) is 10.7. The number of sulfonamides is 1. The van der Waals surface area contributed by atoms with Crippen LogP contribution < -0.4 is 9.62 Å². The zero-order valence-electron chi connectivity index (χ0n) is 16.1. The second kappa shape index (κ2) is 8.62. The Morgan fingerprint density at radius 3 is 2.18 bits per heavy atom. The van der Waals surface area contributed by atoms with Gasteiger partial charge in [0.25, 0.3) is 0 Å². The number of piperazine rings is 1. The van der Waals surface area contributed by atoms with E-state index in [-0.39, 0.29) is 5.75 Å². The summed E-state index contributed by atoms with van der Waals surface area (Å²) in [5.41, 5.74) is 2.60. The Labute approximate surface area is 166 Å². The Morgan fingerprint density at radius 1 is 1.00 bits per heavy atom. The van der Waals surface area contributed by atoms with Crippen LogP contribution in [0.3, 0.4) is 0 Å². The van der Waals surface area contributed by atoms with Gasteiger partial charge >= 0.3 is 5.97 Å².